The van der Waals surface area contributed by atoms with Gasteiger partial charge in [-0.1, -0.05) is 30.3 Å². The van der Waals surface area contributed by atoms with Crippen molar-refractivity contribution in [3.63, 3.8) is 0 Å². The van der Waals surface area contributed by atoms with Gasteiger partial charge in [-0.05, 0) is 12.5 Å². The molecule has 0 aromatic heterocycles. The van der Waals surface area contributed by atoms with Crippen LogP contribution in [0, 0.1) is 0 Å². The highest BCUT2D eigenvalue weighted by atomic mass is 35.5. The fraction of sp³-hybridized carbons (Fsp3) is 0.357. The minimum atomic E-state index is -0.809. The van der Waals surface area contributed by atoms with Gasteiger partial charge in [0.25, 0.3) is 0 Å². The topological polar surface area (TPSA) is 84.5 Å². The Bertz CT molecular complexity index is 493. The van der Waals surface area contributed by atoms with Gasteiger partial charge in [-0.3, -0.25) is 9.59 Å². The van der Waals surface area contributed by atoms with E-state index in [1.807, 2.05) is 30.3 Å². The van der Waals surface area contributed by atoms with Crippen molar-refractivity contribution in [1.29, 1.82) is 0 Å². The van der Waals surface area contributed by atoms with E-state index in [0.717, 1.165) is 5.56 Å². The molecule has 0 radical (unpaired) electrons. The molecule has 2 amide bonds. The van der Waals surface area contributed by atoms with Crippen LogP contribution >= 0.6 is 11.6 Å². The van der Waals surface area contributed by atoms with Crippen LogP contribution in [0.5, 0.6) is 0 Å². The molecule has 0 spiro atoms. The van der Waals surface area contributed by atoms with E-state index in [1.165, 1.54) is 6.92 Å². The maximum Gasteiger partial charge on any atom is 0.408 e. The van der Waals surface area contributed by atoms with Gasteiger partial charge in [-0.2, -0.15) is 0 Å². The molecule has 1 atom stereocenters. The highest BCUT2D eigenvalue weighted by molar-refractivity contribution is 6.28. The zero-order valence-corrected chi connectivity index (χ0v) is 12.4. The Kier molecular flexibility index (Phi) is 7.25. The lowest BCUT2D eigenvalue weighted by Gasteiger charge is -2.13. The Morgan fingerprint density at radius 2 is 1.90 bits per heavy atom. The second kappa shape index (κ2) is 8.97. The van der Waals surface area contributed by atoms with Crippen molar-refractivity contribution >= 4 is 29.4 Å². The number of hydrogen-bond acceptors (Lipinski definition) is 4. The molecule has 1 rings (SSSR count). The quantitative estimate of drug-likeness (QED) is 0.742. The van der Waals surface area contributed by atoms with Gasteiger partial charge in [-0.25, -0.2) is 4.79 Å². The van der Waals surface area contributed by atoms with Crippen LogP contribution in [0.4, 0.5) is 4.79 Å². The summed E-state index contributed by atoms with van der Waals surface area (Å²) in [6.45, 7) is 1.45. The summed E-state index contributed by atoms with van der Waals surface area (Å²) in [7, 11) is 0. The van der Waals surface area contributed by atoms with Crippen molar-refractivity contribution in [2.75, 3.05) is 12.4 Å². The summed E-state index contributed by atoms with van der Waals surface area (Å²) in [6, 6.07) is 8.36. The molecule has 0 aliphatic heterocycles. The van der Waals surface area contributed by atoms with Gasteiger partial charge in [0, 0.05) is 0 Å². The lowest BCUT2D eigenvalue weighted by molar-refractivity contribution is -0.125. The van der Waals surface area contributed by atoms with E-state index in [0.29, 0.717) is 0 Å². The summed E-state index contributed by atoms with van der Waals surface area (Å²) in [5.41, 5.74) is 0.845. The van der Waals surface area contributed by atoms with E-state index >= 15 is 0 Å². The summed E-state index contributed by atoms with van der Waals surface area (Å²) in [5.74, 6) is -0.949. The number of alkyl halides is 1. The van der Waals surface area contributed by atoms with Crippen molar-refractivity contribution < 1.29 is 19.1 Å². The molecule has 0 aliphatic carbocycles. The molecule has 1 aromatic carbocycles. The number of halogens is 1. The highest BCUT2D eigenvalue weighted by Crippen LogP contribution is 2.00. The normalized spacial score (nSPS) is 11.3. The van der Waals surface area contributed by atoms with Crippen LogP contribution in [0.25, 0.3) is 0 Å². The van der Waals surface area contributed by atoms with Gasteiger partial charge >= 0.3 is 6.09 Å². The van der Waals surface area contributed by atoms with Crippen molar-refractivity contribution in [3.05, 3.63) is 35.9 Å². The molecule has 2 N–H and O–H groups in total. The first-order chi connectivity index (χ1) is 10.0. The van der Waals surface area contributed by atoms with Crippen LogP contribution in [0.2, 0.25) is 0 Å². The number of amides is 2. The Morgan fingerprint density at radius 3 is 2.52 bits per heavy atom. The summed E-state index contributed by atoms with van der Waals surface area (Å²) >= 11 is 5.31. The molecule has 21 heavy (non-hydrogen) atoms. The van der Waals surface area contributed by atoms with Crippen molar-refractivity contribution in [2.45, 2.75) is 19.6 Å². The summed E-state index contributed by atoms with van der Waals surface area (Å²) in [6.07, 6.45) is -0.704. The summed E-state index contributed by atoms with van der Waals surface area (Å²) < 4.78 is 4.98. The molecule has 0 bridgehead atoms. The minimum Gasteiger partial charge on any atom is -0.445 e. The zero-order chi connectivity index (χ0) is 15.7. The third-order valence-corrected chi connectivity index (χ3v) is 2.85. The van der Waals surface area contributed by atoms with Crippen molar-refractivity contribution in [3.8, 4) is 0 Å². The average molecular weight is 313 g/mol. The maximum atomic E-state index is 11.6. The average Bonchev–Trinajstić information content (AvgIpc) is 2.51. The molecule has 0 saturated heterocycles. The standard InChI is InChI=1S/C14H17ClN2O4/c1-10(13(19)16-8-12(18)7-15)17-14(20)21-9-11-5-3-2-4-6-11/h2-6,10H,7-9H2,1H3,(H,16,19)(H,17,20)/t10-/m0/s1. The molecule has 7 heteroatoms. The molecule has 0 heterocycles. The van der Waals surface area contributed by atoms with Crippen LogP contribution < -0.4 is 10.6 Å². The van der Waals surface area contributed by atoms with Crippen molar-refractivity contribution in [1.82, 2.24) is 10.6 Å². The number of carbonyl (C=O) groups excluding carboxylic acids is 3. The second-order valence-corrected chi connectivity index (χ2v) is 4.59. The Morgan fingerprint density at radius 1 is 1.24 bits per heavy atom. The number of benzene rings is 1. The maximum absolute atomic E-state index is 11.6. The molecule has 114 valence electrons. The Labute approximate surface area is 127 Å². The highest BCUT2D eigenvalue weighted by Gasteiger charge is 2.16. The van der Waals surface area contributed by atoms with E-state index in [1.54, 1.807) is 0 Å². The fourth-order valence-electron chi connectivity index (χ4n) is 1.39. The lowest BCUT2D eigenvalue weighted by Crippen LogP contribution is -2.46. The summed E-state index contributed by atoms with van der Waals surface area (Å²) in [5, 5.41) is 4.74. The van der Waals surface area contributed by atoms with Crippen LogP contribution in [0.15, 0.2) is 30.3 Å². The third kappa shape index (κ3) is 6.76. The molecule has 1 aromatic rings. The van der Waals surface area contributed by atoms with Gasteiger partial charge in [0.2, 0.25) is 5.91 Å². The first kappa shape index (κ1) is 17.0. The van der Waals surface area contributed by atoms with Crippen LogP contribution in [0.1, 0.15) is 12.5 Å². The van der Waals surface area contributed by atoms with E-state index in [2.05, 4.69) is 10.6 Å². The number of rotatable bonds is 7. The number of ketones is 1. The van der Waals surface area contributed by atoms with Gasteiger partial charge in [0.15, 0.2) is 5.78 Å². The molecule has 0 saturated carbocycles. The van der Waals surface area contributed by atoms with Crippen LogP contribution in [0.3, 0.4) is 0 Å². The summed E-state index contributed by atoms with van der Waals surface area (Å²) in [4.78, 5) is 34.1. The van der Waals surface area contributed by atoms with Crippen LogP contribution in [-0.2, 0) is 20.9 Å². The molecule has 6 nitrogen and oxygen atoms in total. The SMILES string of the molecule is C[C@H](NC(=O)OCc1ccccc1)C(=O)NCC(=O)CCl. The second-order valence-electron chi connectivity index (χ2n) is 4.32. The first-order valence-corrected chi connectivity index (χ1v) is 6.89. The van der Waals surface area contributed by atoms with Gasteiger partial charge < -0.3 is 15.4 Å². The zero-order valence-electron chi connectivity index (χ0n) is 11.6. The number of hydrogen-bond donors (Lipinski definition) is 2. The van der Waals surface area contributed by atoms with Gasteiger partial charge in [0.1, 0.15) is 12.6 Å². The van der Waals surface area contributed by atoms with E-state index in [9.17, 15) is 14.4 Å². The molecular formula is C14H17ClN2O4. The van der Waals surface area contributed by atoms with E-state index in [-0.39, 0.29) is 24.8 Å². The fourth-order valence-corrected chi connectivity index (χ4v) is 1.49. The van der Waals surface area contributed by atoms with Gasteiger partial charge in [0.05, 0.1) is 12.4 Å². The Balaban J connectivity index is 2.29. The van der Waals surface area contributed by atoms with E-state index in [4.69, 9.17) is 16.3 Å². The number of Topliss-reactive ketones (excluding diaryl/α,β-unsaturated/α-hetero) is 1. The molecular weight excluding hydrogens is 296 g/mol. The number of alkyl carbamates (subject to hydrolysis) is 1. The third-order valence-electron chi connectivity index (χ3n) is 2.55. The molecule has 0 fully saturated rings. The predicted octanol–water partition coefficient (Wildman–Crippen LogP) is 1.23. The number of ether oxygens (including phenoxy) is 1. The minimum absolute atomic E-state index is 0.117. The molecule has 0 unspecified atom stereocenters. The molecule has 0 aliphatic rings. The van der Waals surface area contributed by atoms with E-state index < -0.39 is 18.0 Å². The number of nitrogens with one attached hydrogen (secondary N) is 2. The Hall–Kier alpha value is -2.08. The first-order valence-electron chi connectivity index (χ1n) is 6.35. The largest absolute Gasteiger partial charge is 0.445 e. The van der Waals surface area contributed by atoms with Gasteiger partial charge in [-0.15, -0.1) is 11.6 Å². The van der Waals surface area contributed by atoms with Crippen LogP contribution in [-0.4, -0.2) is 36.3 Å². The predicted molar refractivity (Wildman–Crippen MR) is 78.0 cm³/mol. The van der Waals surface area contributed by atoms with Crippen molar-refractivity contribution in [2.24, 2.45) is 0 Å². The number of carbonyl (C=O) groups is 3. The monoisotopic (exact) mass is 312 g/mol. The lowest BCUT2D eigenvalue weighted by atomic mass is 10.2. The smallest absolute Gasteiger partial charge is 0.408 e.